The standard InChI is InChI=1S/C18H14O7S3.K/c19-26(20,14-8-3-1-4-9-14)16-12-7-13-17(28(23,24)25)18(16)27(21,22)15-10-5-2-6-11-15;/h1-13H,(H,23,24,25);/q;+1/p-1. The van der Waals surface area contributed by atoms with Crippen molar-refractivity contribution < 1.29 is 81.2 Å². The van der Waals surface area contributed by atoms with Gasteiger partial charge in [0, 0.05) is 0 Å². The van der Waals surface area contributed by atoms with Crippen LogP contribution >= 0.6 is 0 Å². The fraction of sp³-hybridized carbons (Fsp3) is 0. The molecule has 11 heteroatoms. The maximum Gasteiger partial charge on any atom is 1.00 e. The van der Waals surface area contributed by atoms with Crippen LogP contribution in [0.2, 0.25) is 0 Å². The van der Waals surface area contributed by atoms with Crippen LogP contribution in [0.15, 0.2) is 103 Å². The molecule has 29 heavy (non-hydrogen) atoms. The predicted octanol–water partition coefficient (Wildman–Crippen LogP) is -0.740. The largest absolute Gasteiger partial charge is 1.00 e. The molecule has 0 aliphatic heterocycles. The molecule has 0 spiro atoms. The van der Waals surface area contributed by atoms with Crippen LogP contribution < -0.4 is 51.4 Å². The molecule has 0 amide bonds. The number of sulfone groups is 2. The third-order valence-electron chi connectivity index (χ3n) is 3.88. The van der Waals surface area contributed by atoms with E-state index >= 15 is 0 Å². The smallest absolute Gasteiger partial charge is 0.744 e. The summed E-state index contributed by atoms with van der Waals surface area (Å²) in [5.74, 6) is 0. The van der Waals surface area contributed by atoms with Gasteiger partial charge in [0.1, 0.15) is 15.0 Å². The van der Waals surface area contributed by atoms with E-state index in [1.807, 2.05) is 0 Å². The van der Waals surface area contributed by atoms with Gasteiger partial charge in [-0.05, 0) is 36.4 Å². The van der Waals surface area contributed by atoms with Gasteiger partial charge in [-0.1, -0.05) is 42.5 Å². The molecule has 0 unspecified atom stereocenters. The monoisotopic (exact) mass is 476 g/mol. The zero-order chi connectivity index (χ0) is 20.6. The van der Waals surface area contributed by atoms with Gasteiger partial charge >= 0.3 is 51.4 Å². The molecule has 3 rings (SSSR count). The summed E-state index contributed by atoms with van der Waals surface area (Å²) in [4.78, 5) is -3.52. The zero-order valence-corrected chi connectivity index (χ0v) is 20.7. The first-order valence-corrected chi connectivity index (χ1v) is 12.1. The second-order valence-corrected chi connectivity index (χ2v) is 10.8. The molecular formula is C18H13KO7S3. The molecular weight excluding hydrogens is 463 g/mol. The normalized spacial score (nSPS) is 12.2. The maximum absolute atomic E-state index is 13.1. The molecule has 0 radical (unpaired) electrons. The van der Waals surface area contributed by atoms with Crippen molar-refractivity contribution in [3.8, 4) is 0 Å². The number of benzene rings is 3. The topological polar surface area (TPSA) is 125 Å². The molecule has 0 N–H and O–H groups in total. The first kappa shape index (κ1) is 24.4. The van der Waals surface area contributed by atoms with E-state index < -0.39 is 44.5 Å². The molecule has 0 saturated heterocycles. The van der Waals surface area contributed by atoms with Gasteiger partial charge in [0.2, 0.25) is 19.7 Å². The van der Waals surface area contributed by atoms with Crippen LogP contribution in [0, 0.1) is 0 Å². The summed E-state index contributed by atoms with van der Waals surface area (Å²) in [6.07, 6.45) is 0. The van der Waals surface area contributed by atoms with E-state index in [4.69, 9.17) is 0 Å². The van der Waals surface area contributed by atoms with Crippen molar-refractivity contribution in [2.75, 3.05) is 0 Å². The Morgan fingerprint density at radius 2 is 0.931 bits per heavy atom. The quantitative estimate of drug-likeness (QED) is 0.351. The Morgan fingerprint density at radius 3 is 1.38 bits per heavy atom. The first-order valence-electron chi connectivity index (χ1n) is 7.75. The number of rotatable bonds is 5. The molecule has 0 saturated carbocycles. The molecule has 3 aromatic carbocycles. The number of hydrogen-bond donors (Lipinski definition) is 0. The van der Waals surface area contributed by atoms with Gasteiger partial charge in [-0.2, -0.15) is 0 Å². The summed E-state index contributed by atoms with van der Waals surface area (Å²) in [5, 5.41) is 0. The third kappa shape index (κ3) is 4.89. The molecule has 0 heterocycles. The van der Waals surface area contributed by atoms with Crippen molar-refractivity contribution in [3.63, 3.8) is 0 Å². The van der Waals surface area contributed by atoms with Crippen molar-refractivity contribution in [1.29, 1.82) is 0 Å². The van der Waals surface area contributed by atoms with Gasteiger partial charge in [0.05, 0.1) is 19.6 Å². The molecule has 0 aliphatic rings. The SMILES string of the molecule is O=S(=O)([O-])c1cccc(S(=O)(=O)c2ccccc2)c1S(=O)(=O)c1ccccc1.[K+]. The van der Waals surface area contributed by atoms with Crippen LogP contribution in [-0.2, 0) is 29.8 Å². The minimum absolute atomic E-state index is 0. The summed E-state index contributed by atoms with van der Waals surface area (Å²) in [6, 6.07) is 16.4. The Bertz CT molecular complexity index is 1340. The van der Waals surface area contributed by atoms with E-state index in [1.54, 1.807) is 6.07 Å². The first-order chi connectivity index (χ1) is 13.1. The number of hydrogen-bond acceptors (Lipinski definition) is 7. The van der Waals surface area contributed by atoms with E-state index in [9.17, 15) is 29.8 Å². The maximum atomic E-state index is 13.1. The van der Waals surface area contributed by atoms with Crippen LogP contribution in [0.1, 0.15) is 0 Å². The van der Waals surface area contributed by atoms with Crippen LogP contribution in [0.5, 0.6) is 0 Å². The van der Waals surface area contributed by atoms with E-state index in [0.29, 0.717) is 0 Å². The van der Waals surface area contributed by atoms with Gasteiger partial charge in [-0.15, -0.1) is 0 Å². The summed E-state index contributed by atoms with van der Waals surface area (Å²) in [7, 11) is -14.3. The van der Waals surface area contributed by atoms with Crippen molar-refractivity contribution >= 4 is 29.8 Å². The van der Waals surface area contributed by atoms with Crippen molar-refractivity contribution in [3.05, 3.63) is 78.9 Å². The Balaban J connectivity index is 0.00000300. The molecule has 0 fully saturated rings. The Labute approximate surface area is 211 Å². The Hall–Kier alpha value is -0.894. The predicted molar refractivity (Wildman–Crippen MR) is 98.2 cm³/mol. The third-order valence-corrected chi connectivity index (χ3v) is 8.70. The van der Waals surface area contributed by atoms with Gasteiger partial charge < -0.3 is 4.55 Å². The van der Waals surface area contributed by atoms with E-state index in [-0.39, 0.29) is 61.2 Å². The van der Waals surface area contributed by atoms with Crippen molar-refractivity contribution in [1.82, 2.24) is 0 Å². The fourth-order valence-corrected chi connectivity index (χ4v) is 7.35. The second-order valence-electron chi connectivity index (χ2n) is 5.67. The molecule has 0 bridgehead atoms. The zero-order valence-electron chi connectivity index (χ0n) is 15.1. The van der Waals surface area contributed by atoms with Crippen LogP contribution in [0.3, 0.4) is 0 Å². The van der Waals surface area contributed by atoms with E-state index in [1.165, 1.54) is 54.6 Å². The van der Waals surface area contributed by atoms with E-state index in [2.05, 4.69) is 0 Å². The minimum Gasteiger partial charge on any atom is -0.744 e. The second kappa shape index (κ2) is 9.08. The molecule has 3 aromatic rings. The summed E-state index contributed by atoms with van der Waals surface area (Å²) >= 11 is 0. The van der Waals surface area contributed by atoms with Gasteiger partial charge in [0.25, 0.3) is 0 Å². The van der Waals surface area contributed by atoms with Gasteiger partial charge in [-0.3, -0.25) is 0 Å². The Morgan fingerprint density at radius 1 is 0.517 bits per heavy atom. The summed E-state index contributed by atoms with van der Waals surface area (Å²) in [6.45, 7) is 0. The molecule has 0 aliphatic carbocycles. The molecule has 0 atom stereocenters. The fourth-order valence-electron chi connectivity index (χ4n) is 2.61. The molecule has 0 aromatic heterocycles. The average Bonchev–Trinajstić information content (AvgIpc) is 2.68. The van der Waals surface area contributed by atoms with Crippen LogP contribution in [0.25, 0.3) is 0 Å². The van der Waals surface area contributed by atoms with Crippen molar-refractivity contribution in [2.24, 2.45) is 0 Å². The van der Waals surface area contributed by atoms with Crippen LogP contribution in [-0.4, -0.2) is 29.8 Å². The summed E-state index contributed by atoms with van der Waals surface area (Å²) in [5.41, 5.74) is 0. The summed E-state index contributed by atoms with van der Waals surface area (Å²) < 4.78 is 87.6. The molecule has 7 nitrogen and oxygen atoms in total. The van der Waals surface area contributed by atoms with E-state index in [0.717, 1.165) is 18.2 Å². The minimum atomic E-state index is -5.28. The van der Waals surface area contributed by atoms with Gasteiger partial charge in [-0.25, -0.2) is 25.3 Å². The Kier molecular flexibility index (Phi) is 7.63. The van der Waals surface area contributed by atoms with Gasteiger partial charge in [0.15, 0.2) is 0 Å². The van der Waals surface area contributed by atoms with Crippen molar-refractivity contribution in [2.45, 2.75) is 24.5 Å². The van der Waals surface area contributed by atoms with Crippen LogP contribution in [0.4, 0.5) is 0 Å². The average molecular weight is 477 g/mol. The molecule has 146 valence electrons.